The molecule has 1 amide bonds. The van der Waals surface area contributed by atoms with Crippen molar-refractivity contribution in [2.45, 2.75) is 25.9 Å². The highest BCUT2D eigenvalue weighted by atomic mass is 35.5. The molecule has 2 aromatic carbocycles. The van der Waals surface area contributed by atoms with Crippen molar-refractivity contribution in [2.75, 3.05) is 12.8 Å². The van der Waals surface area contributed by atoms with Gasteiger partial charge in [0.15, 0.2) is 5.60 Å². The Balaban J connectivity index is 1.84. The Morgan fingerprint density at radius 2 is 1.69 bits per heavy atom. The van der Waals surface area contributed by atoms with E-state index in [2.05, 4.69) is 5.32 Å². The summed E-state index contributed by atoms with van der Waals surface area (Å²) in [6.07, 6.45) is 2.45. The summed E-state index contributed by atoms with van der Waals surface area (Å²) in [5.74, 6) is 0.519. The number of amides is 1. The van der Waals surface area contributed by atoms with Gasteiger partial charge in [0.25, 0.3) is 5.91 Å². The molecule has 0 bridgehead atoms. The monoisotopic (exact) mass is 391 g/mol. The zero-order valence-corrected chi connectivity index (χ0v) is 16.6. The molecule has 4 nitrogen and oxygen atoms in total. The summed E-state index contributed by atoms with van der Waals surface area (Å²) in [5, 5.41) is 3.46. The number of thioether (sulfide) groups is 1. The molecule has 0 aliphatic rings. The molecule has 0 aliphatic carbocycles. The number of halogens is 1. The van der Waals surface area contributed by atoms with E-state index in [0.29, 0.717) is 29.3 Å². The molecule has 6 heteroatoms. The van der Waals surface area contributed by atoms with Gasteiger partial charge in [0.2, 0.25) is 5.12 Å². The Kier molecular flexibility index (Phi) is 7.12. The highest BCUT2D eigenvalue weighted by Gasteiger charge is 2.28. The zero-order chi connectivity index (χ0) is 19.2. The van der Waals surface area contributed by atoms with Crippen LogP contribution in [0.1, 0.15) is 29.8 Å². The third kappa shape index (κ3) is 5.78. The Hall–Kier alpha value is -1.98. The third-order valence-corrected chi connectivity index (χ3v) is 4.89. The molecule has 0 saturated carbocycles. The van der Waals surface area contributed by atoms with Gasteiger partial charge in [-0.25, -0.2) is 0 Å². The minimum Gasteiger partial charge on any atom is -0.479 e. The Labute approximate surface area is 163 Å². The molecule has 0 heterocycles. The first-order valence-corrected chi connectivity index (χ1v) is 9.82. The Bertz CT molecular complexity index is 758. The summed E-state index contributed by atoms with van der Waals surface area (Å²) in [7, 11) is 0. The van der Waals surface area contributed by atoms with Crippen molar-refractivity contribution < 1.29 is 14.3 Å². The number of nitrogens with one attached hydrogen (secondary N) is 1. The summed E-state index contributed by atoms with van der Waals surface area (Å²) >= 11 is 6.97. The van der Waals surface area contributed by atoms with Gasteiger partial charge >= 0.3 is 0 Å². The topological polar surface area (TPSA) is 55.4 Å². The highest BCUT2D eigenvalue weighted by Crippen LogP contribution is 2.23. The fraction of sp³-hybridized carbons (Fsp3) is 0.300. The van der Waals surface area contributed by atoms with Crippen LogP contribution >= 0.6 is 23.4 Å². The van der Waals surface area contributed by atoms with Crippen molar-refractivity contribution in [3.8, 4) is 5.75 Å². The lowest BCUT2D eigenvalue weighted by Gasteiger charge is -2.23. The van der Waals surface area contributed by atoms with E-state index < -0.39 is 5.60 Å². The summed E-state index contributed by atoms with van der Waals surface area (Å²) in [4.78, 5) is 23.9. The maximum atomic E-state index is 12.0. The molecule has 0 aliphatic heterocycles. The molecule has 138 valence electrons. The van der Waals surface area contributed by atoms with Crippen molar-refractivity contribution in [1.29, 1.82) is 0 Å². The van der Waals surface area contributed by atoms with Crippen LogP contribution in [0.3, 0.4) is 0 Å². The number of hydrogen-bond acceptors (Lipinski definition) is 4. The number of ether oxygens (including phenoxy) is 1. The van der Waals surface area contributed by atoms with Gasteiger partial charge in [-0.1, -0.05) is 35.5 Å². The largest absolute Gasteiger partial charge is 0.479 e. The molecule has 26 heavy (non-hydrogen) atoms. The molecule has 0 aromatic heterocycles. The van der Waals surface area contributed by atoms with Gasteiger partial charge in [0.05, 0.1) is 0 Å². The Morgan fingerprint density at radius 3 is 2.27 bits per heavy atom. The first-order valence-electron chi connectivity index (χ1n) is 8.22. The van der Waals surface area contributed by atoms with Crippen LogP contribution in [0.4, 0.5) is 0 Å². The third-order valence-electron chi connectivity index (χ3n) is 3.78. The van der Waals surface area contributed by atoms with Gasteiger partial charge in [-0.3, -0.25) is 9.59 Å². The predicted molar refractivity (Wildman–Crippen MR) is 107 cm³/mol. The normalized spacial score (nSPS) is 11.1. The minimum atomic E-state index is -0.868. The van der Waals surface area contributed by atoms with Gasteiger partial charge < -0.3 is 10.1 Å². The zero-order valence-electron chi connectivity index (χ0n) is 15.0. The molecule has 0 saturated heterocycles. The lowest BCUT2D eigenvalue weighted by molar-refractivity contribution is -0.122. The van der Waals surface area contributed by atoms with Crippen LogP contribution in [0, 0.1) is 0 Å². The van der Waals surface area contributed by atoms with E-state index in [4.69, 9.17) is 16.3 Å². The number of benzene rings is 2. The second kappa shape index (κ2) is 9.10. The average Bonchev–Trinajstić information content (AvgIpc) is 2.62. The van der Waals surface area contributed by atoms with Crippen LogP contribution in [0.15, 0.2) is 48.5 Å². The second-order valence-electron chi connectivity index (χ2n) is 6.26. The van der Waals surface area contributed by atoms with E-state index in [1.165, 1.54) is 0 Å². The van der Waals surface area contributed by atoms with E-state index in [-0.39, 0.29) is 11.0 Å². The Morgan fingerprint density at radius 1 is 1.08 bits per heavy atom. The maximum absolute atomic E-state index is 12.0. The summed E-state index contributed by atoms with van der Waals surface area (Å²) in [6.45, 7) is 4.04. The van der Waals surface area contributed by atoms with Gasteiger partial charge in [-0.2, -0.15) is 0 Å². The van der Waals surface area contributed by atoms with Crippen molar-refractivity contribution in [1.82, 2.24) is 5.32 Å². The number of carbonyl (C=O) groups is 2. The van der Waals surface area contributed by atoms with Crippen molar-refractivity contribution in [3.05, 3.63) is 64.7 Å². The maximum Gasteiger partial charge on any atom is 0.251 e. The summed E-state index contributed by atoms with van der Waals surface area (Å²) in [6, 6.07) is 14.3. The lowest BCUT2D eigenvalue weighted by Crippen LogP contribution is -2.36. The molecule has 0 atom stereocenters. The van der Waals surface area contributed by atoms with E-state index in [1.807, 2.05) is 24.3 Å². The second-order valence-corrected chi connectivity index (χ2v) is 7.48. The van der Waals surface area contributed by atoms with Crippen LogP contribution in [0.2, 0.25) is 5.02 Å². The van der Waals surface area contributed by atoms with E-state index in [0.717, 1.165) is 17.3 Å². The number of hydrogen-bond donors (Lipinski definition) is 1. The van der Waals surface area contributed by atoms with E-state index in [1.54, 1.807) is 44.4 Å². The first kappa shape index (κ1) is 20.3. The quantitative estimate of drug-likeness (QED) is 0.761. The van der Waals surface area contributed by atoms with Crippen LogP contribution in [0.5, 0.6) is 5.75 Å². The van der Waals surface area contributed by atoms with Gasteiger partial charge in [0, 0.05) is 17.1 Å². The van der Waals surface area contributed by atoms with Gasteiger partial charge in [0.1, 0.15) is 5.75 Å². The standard InChI is InChI=1S/C20H22ClNO3S/c1-20(2,19(24)26-3)25-17-10-4-14(5-11-17)12-13-22-18(23)15-6-8-16(21)9-7-15/h4-11H,12-13H2,1-3H3,(H,22,23). The molecule has 0 radical (unpaired) electrons. The lowest BCUT2D eigenvalue weighted by atomic mass is 10.1. The van der Waals surface area contributed by atoms with Gasteiger partial charge in [-0.05, 0) is 68.5 Å². The molecule has 2 rings (SSSR count). The van der Waals surface area contributed by atoms with E-state index >= 15 is 0 Å². The van der Waals surface area contributed by atoms with Crippen molar-refractivity contribution in [2.24, 2.45) is 0 Å². The SMILES string of the molecule is CSC(=O)C(C)(C)Oc1ccc(CCNC(=O)c2ccc(Cl)cc2)cc1. The number of rotatable bonds is 7. The molecule has 2 aromatic rings. The number of carbonyl (C=O) groups excluding carboxylic acids is 2. The molecular weight excluding hydrogens is 370 g/mol. The van der Waals surface area contributed by atoms with Crippen LogP contribution in [-0.4, -0.2) is 29.4 Å². The average molecular weight is 392 g/mol. The minimum absolute atomic E-state index is 0.0218. The summed E-state index contributed by atoms with van der Waals surface area (Å²) in [5.41, 5.74) is 0.787. The van der Waals surface area contributed by atoms with E-state index in [9.17, 15) is 9.59 Å². The summed E-state index contributed by atoms with van der Waals surface area (Å²) < 4.78 is 5.77. The van der Waals surface area contributed by atoms with Crippen molar-refractivity contribution >= 4 is 34.4 Å². The molecular formula is C20H22ClNO3S. The van der Waals surface area contributed by atoms with Crippen LogP contribution < -0.4 is 10.1 Å². The van der Waals surface area contributed by atoms with Crippen LogP contribution in [0.25, 0.3) is 0 Å². The predicted octanol–water partition coefficient (Wildman–Crippen LogP) is 4.36. The molecule has 0 spiro atoms. The molecule has 0 fully saturated rings. The van der Waals surface area contributed by atoms with Gasteiger partial charge in [-0.15, -0.1) is 0 Å². The fourth-order valence-corrected chi connectivity index (χ4v) is 2.99. The molecule has 1 N–H and O–H groups in total. The smallest absolute Gasteiger partial charge is 0.251 e. The molecule has 0 unspecified atom stereocenters. The first-order chi connectivity index (χ1) is 12.3. The fourth-order valence-electron chi connectivity index (χ4n) is 2.33. The van der Waals surface area contributed by atoms with Crippen molar-refractivity contribution in [3.63, 3.8) is 0 Å². The highest BCUT2D eigenvalue weighted by molar-refractivity contribution is 8.13. The van der Waals surface area contributed by atoms with Crippen LogP contribution in [-0.2, 0) is 11.2 Å².